The standard InChI is InChI=1S/C39H38O11S/c40-29-30(41)38(45-27-21-43-36(48-31(27)29)24-15-7-2-8-16-24)50-33-32-28(22-44-37(49-32)25-17-9-3-10-18-25)46-39(51-26-19-11-4-12-20-26)34(33)47-35(42)23-13-5-1-6-14-23/h1-20,27-34,36-41H,21-22H2/t27-,28-,29-,30-,31-,32-,33+,34-,36?,37?,38+,39+/m1/s1. The number of aliphatic hydroxyl groups is 2. The monoisotopic (exact) mass is 714 g/mol. The number of benzene rings is 4. The maximum absolute atomic E-state index is 13.7. The molecular formula is C39H38O11S. The minimum absolute atomic E-state index is 0.0764. The SMILES string of the molecule is O=C(O[C@@H]1[C@@H](O[C@@H]2O[C@@H]3COC(c4ccccc4)O[C@H]3[C@H](O)[C@H]2O)[C@@H]2OC(c3ccccc3)OC[C@H]2O[C@H]1Sc1ccccc1)c1ccccc1. The van der Waals surface area contributed by atoms with Crippen molar-refractivity contribution in [3.05, 3.63) is 138 Å². The third-order valence-corrected chi connectivity index (χ3v) is 10.5. The first kappa shape index (κ1) is 34.4. The third-order valence-electron chi connectivity index (χ3n) is 9.30. The van der Waals surface area contributed by atoms with E-state index in [0.29, 0.717) is 5.56 Å². The van der Waals surface area contributed by atoms with E-state index in [2.05, 4.69) is 0 Å². The normalized spacial score (nSPS) is 34.9. The Bertz CT molecular complexity index is 1720. The number of carbonyl (C=O) groups excluding carboxylic acids is 1. The van der Waals surface area contributed by atoms with E-state index >= 15 is 0 Å². The van der Waals surface area contributed by atoms with Crippen LogP contribution >= 0.6 is 11.8 Å². The highest BCUT2D eigenvalue weighted by Crippen LogP contribution is 2.43. The van der Waals surface area contributed by atoms with Crippen LogP contribution in [0.1, 0.15) is 34.1 Å². The Hall–Kier alpha value is -3.66. The van der Waals surface area contributed by atoms with E-state index < -0.39 is 79.1 Å². The van der Waals surface area contributed by atoms with Gasteiger partial charge in [0.2, 0.25) is 0 Å². The Balaban J connectivity index is 1.10. The Morgan fingerprint density at radius 1 is 0.608 bits per heavy atom. The molecule has 0 aliphatic carbocycles. The molecule has 0 spiro atoms. The van der Waals surface area contributed by atoms with Gasteiger partial charge in [0, 0.05) is 16.0 Å². The highest BCUT2D eigenvalue weighted by molar-refractivity contribution is 7.99. The van der Waals surface area contributed by atoms with E-state index in [1.165, 1.54) is 11.8 Å². The molecule has 0 bridgehead atoms. The van der Waals surface area contributed by atoms with E-state index in [-0.39, 0.29) is 13.2 Å². The van der Waals surface area contributed by atoms with Crippen molar-refractivity contribution in [1.29, 1.82) is 0 Å². The lowest BCUT2D eigenvalue weighted by Crippen LogP contribution is -2.67. The van der Waals surface area contributed by atoms with Crippen molar-refractivity contribution in [2.75, 3.05) is 13.2 Å². The molecule has 0 aromatic heterocycles. The first-order valence-electron chi connectivity index (χ1n) is 17.0. The molecule has 266 valence electrons. The molecule has 2 unspecified atom stereocenters. The molecule has 0 saturated carbocycles. The molecule has 4 aromatic rings. The first-order valence-corrected chi connectivity index (χ1v) is 17.8. The fourth-order valence-electron chi connectivity index (χ4n) is 6.72. The molecule has 0 amide bonds. The minimum Gasteiger partial charge on any atom is -0.452 e. The van der Waals surface area contributed by atoms with Crippen LogP contribution < -0.4 is 0 Å². The van der Waals surface area contributed by atoms with Crippen molar-refractivity contribution in [2.24, 2.45) is 0 Å². The number of fused-ring (bicyclic) bond motifs is 2. The van der Waals surface area contributed by atoms with Crippen LogP contribution in [0.2, 0.25) is 0 Å². The lowest BCUT2D eigenvalue weighted by atomic mass is 9.96. The Morgan fingerprint density at radius 3 is 1.75 bits per heavy atom. The second-order valence-corrected chi connectivity index (χ2v) is 13.9. The predicted octanol–water partition coefficient (Wildman–Crippen LogP) is 4.79. The predicted molar refractivity (Wildman–Crippen MR) is 182 cm³/mol. The molecule has 0 radical (unpaired) electrons. The molecule has 4 aromatic carbocycles. The minimum atomic E-state index is -1.53. The average Bonchev–Trinajstić information content (AvgIpc) is 3.19. The number of thioether (sulfide) groups is 1. The number of rotatable bonds is 8. The van der Waals surface area contributed by atoms with Crippen LogP contribution in [0.25, 0.3) is 0 Å². The second kappa shape index (κ2) is 15.5. The van der Waals surface area contributed by atoms with Crippen LogP contribution in [0.15, 0.2) is 126 Å². The molecule has 4 saturated heterocycles. The smallest absolute Gasteiger partial charge is 0.338 e. The van der Waals surface area contributed by atoms with Crippen molar-refractivity contribution in [3.63, 3.8) is 0 Å². The summed E-state index contributed by atoms with van der Waals surface area (Å²) in [7, 11) is 0. The van der Waals surface area contributed by atoms with Crippen LogP contribution in [0.5, 0.6) is 0 Å². The first-order chi connectivity index (χ1) is 25.0. The van der Waals surface area contributed by atoms with E-state index in [9.17, 15) is 15.0 Å². The van der Waals surface area contributed by atoms with Crippen molar-refractivity contribution in [3.8, 4) is 0 Å². The van der Waals surface area contributed by atoms with Gasteiger partial charge in [-0.25, -0.2) is 4.79 Å². The van der Waals surface area contributed by atoms with Crippen molar-refractivity contribution in [1.82, 2.24) is 0 Å². The maximum Gasteiger partial charge on any atom is 0.338 e. The molecule has 2 N–H and O–H groups in total. The van der Waals surface area contributed by atoms with Crippen LogP contribution in [-0.4, -0.2) is 90.0 Å². The summed E-state index contributed by atoms with van der Waals surface area (Å²) in [5, 5.41) is 22.9. The molecule has 12 heteroatoms. The van der Waals surface area contributed by atoms with Gasteiger partial charge in [0.25, 0.3) is 0 Å². The van der Waals surface area contributed by atoms with Gasteiger partial charge in [0.15, 0.2) is 25.0 Å². The summed E-state index contributed by atoms with van der Waals surface area (Å²) in [6.45, 7) is 0.228. The summed E-state index contributed by atoms with van der Waals surface area (Å²) >= 11 is 1.36. The molecule has 4 fully saturated rings. The Morgan fingerprint density at radius 2 is 1.14 bits per heavy atom. The summed E-state index contributed by atoms with van der Waals surface area (Å²) in [6, 6.07) is 37.0. The van der Waals surface area contributed by atoms with Gasteiger partial charge < -0.3 is 48.1 Å². The van der Waals surface area contributed by atoms with Crippen LogP contribution in [-0.2, 0) is 37.9 Å². The third kappa shape index (κ3) is 7.48. The highest BCUT2D eigenvalue weighted by atomic mass is 32.2. The molecule has 12 atom stereocenters. The number of esters is 1. The van der Waals surface area contributed by atoms with Gasteiger partial charge in [0.05, 0.1) is 18.8 Å². The number of aliphatic hydroxyl groups excluding tert-OH is 2. The quantitative estimate of drug-likeness (QED) is 0.244. The molecule has 11 nitrogen and oxygen atoms in total. The van der Waals surface area contributed by atoms with E-state index in [0.717, 1.165) is 16.0 Å². The topological polar surface area (TPSA) is 131 Å². The van der Waals surface area contributed by atoms with E-state index in [4.69, 9.17) is 37.9 Å². The summed E-state index contributed by atoms with van der Waals surface area (Å²) in [5.41, 5.74) is 1.12. The number of hydrogen-bond acceptors (Lipinski definition) is 12. The molecular weight excluding hydrogens is 676 g/mol. The zero-order valence-electron chi connectivity index (χ0n) is 27.4. The Labute approximate surface area is 299 Å². The lowest BCUT2D eigenvalue weighted by molar-refractivity contribution is -0.388. The van der Waals surface area contributed by atoms with Gasteiger partial charge in [-0.15, -0.1) is 0 Å². The maximum atomic E-state index is 13.7. The lowest BCUT2D eigenvalue weighted by Gasteiger charge is -2.51. The van der Waals surface area contributed by atoms with Gasteiger partial charge in [-0.1, -0.05) is 109 Å². The van der Waals surface area contributed by atoms with E-state index in [1.807, 2.05) is 97.1 Å². The van der Waals surface area contributed by atoms with Crippen molar-refractivity contribution in [2.45, 2.75) is 78.0 Å². The van der Waals surface area contributed by atoms with E-state index in [1.54, 1.807) is 24.3 Å². The fourth-order valence-corrected chi connectivity index (χ4v) is 7.85. The summed E-state index contributed by atoms with van der Waals surface area (Å²) in [5.74, 6) is -0.590. The molecule has 4 aliphatic rings. The molecule has 4 aliphatic heterocycles. The zero-order chi connectivity index (χ0) is 34.7. The average molecular weight is 715 g/mol. The van der Waals surface area contributed by atoms with Gasteiger partial charge in [0.1, 0.15) is 48.2 Å². The largest absolute Gasteiger partial charge is 0.452 e. The summed E-state index contributed by atoms with van der Waals surface area (Å²) in [6.07, 6.45) is -11.0. The Kier molecular flexibility index (Phi) is 10.5. The number of carbonyl (C=O) groups is 1. The second-order valence-electron chi connectivity index (χ2n) is 12.7. The number of hydrogen-bond donors (Lipinski definition) is 2. The fraction of sp³-hybridized carbons (Fsp3) is 0.359. The van der Waals surface area contributed by atoms with Gasteiger partial charge >= 0.3 is 5.97 Å². The summed E-state index contributed by atoms with van der Waals surface area (Å²) in [4.78, 5) is 14.6. The molecule has 4 heterocycles. The van der Waals surface area contributed by atoms with Gasteiger partial charge in [-0.05, 0) is 24.3 Å². The van der Waals surface area contributed by atoms with Gasteiger partial charge in [-0.3, -0.25) is 0 Å². The van der Waals surface area contributed by atoms with Crippen LogP contribution in [0.3, 0.4) is 0 Å². The van der Waals surface area contributed by atoms with Crippen molar-refractivity contribution >= 4 is 17.7 Å². The zero-order valence-corrected chi connectivity index (χ0v) is 28.2. The highest BCUT2D eigenvalue weighted by Gasteiger charge is 2.56. The molecule has 8 rings (SSSR count). The van der Waals surface area contributed by atoms with Crippen LogP contribution in [0, 0.1) is 0 Å². The molecule has 51 heavy (non-hydrogen) atoms. The van der Waals surface area contributed by atoms with Crippen molar-refractivity contribution < 1.29 is 52.9 Å². The van der Waals surface area contributed by atoms with Crippen LogP contribution in [0.4, 0.5) is 0 Å². The summed E-state index contributed by atoms with van der Waals surface area (Å²) < 4.78 is 50.6. The van der Waals surface area contributed by atoms with Gasteiger partial charge in [-0.2, -0.15) is 0 Å². The number of ether oxygens (including phenoxy) is 8.